The van der Waals surface area contributed by atoms with Crippen molar-refractivity contribution in [2.75, 3.05) is 26.9 Å². The van der Waals surface area contributed by atoms with Gasteiger partial charge >= 0.3 is 11.9 Å². The summed E-state index contributed by atoms with van der Waals surface area (Å²) in [5, 5.41) is 0. The molecular weight excluding hydrogens is 279 g/mol. The zero-order chi connectivity index (χ0) is 15.9. The van der Waals surface area contributed by atoms with Crippen LogP contribution in [0.3, 0.4) is 0 Å². The van der Waals surface area contributed by atoms with Crippen molar-refractivity contribution in [3.05, 3.63) is 35.6 Å². The Hall–Kier alpha value is -1.95. The number of hydrogen-bond acceptors (Lipinski definition) is 5. The van der Waals surface area contributed by atoms with E-state index in [2.05, 4.69) is 0 Å². The number of esters is 2. The van der Waals surface area contributed by atoms with Gasteiger partial charge in [-0.15, -0.1) is 0 Å². The van der Waals surface area contributed by atoms with E-state index in [1.807, 2.05) is 0 Å². The minimum Gasteiger partial charge on any atom is -0.465 e. The number of halogens is 1. The van der Waals surface area contributed by atoms with Crippen LogP contribution in [0.2, 0.25) is 0 Å². The molecule has 0 aliphatic carbocycles. The summed E-state index contributed by atoms with van der Waals surface area (Å²) in [7, 11) is 1.36. The monoisotopic (exact) mass is 298 g/mol. The fraction of sp³-hybridized carbons (Fsp3) is 0.467. The van der Waals surface area contributed by atoms with Gasteiger partial charge in [-0.05, 0) is 31.5 Å². The molecule has 0 amide bonds. The molecule has 0 spiro atoms. The summed E-state index contributed by atoms with van der Waals surface area (Å²) in [5.41, 5.74) is -1.49. The quantitative estimate of drug-likeness (QED) is 0.568. The van der Waals surface area contributed by atoms with Crippen LogP contribution in [0, 0.1) is 5.82 Å². The van der Waals surface area contributed by atoms with E-state index in [0.717, 1.165) is 12.1 Å². The van der Waals surface area contributed by atoms with Gasteiger partial charge in [0.2, 0.25) is 5.41 Å². The van der Waals surface area contributed by atoms with E-state index in [1.165, 1.54) is 19.2 Å². The molecule has 0 aromatic heterocycles. The second-order valence-corrected chi connectivity index (χ2v) is 4.29. The third-order valence-corrected chi connectivity index (χ3v) is 2.95. The van der Waals surface area contributed by atoms with E-state index in [1.54, 1.807) is 13.8 Å². The average Bonchev–Trinajstić information content (AvgIpc) is 2.46. The standard InChI is InChI=1S/C15H19FO5/c1-4-20-13(17)15(10-19-3,14(18)21-5-2)11-6-8-12(16)9-7-11/h6-9H,4-5,10H2,1-3H3. The molecule has 1 aromatic carbocycles. The first-order valence-electron chi connectivity index (χ1n) is 6.62. The van der Waals surface area contributed by atoms with Crippen LogP contribution in [0.5, 0.6) is 0 Å². The first-order valence-corrected chi connectivity index (χ1v) is 6.62. The van der Waals surface area contributed by atoms with Gasteiger partial charge in [0, 0.05) is 7.11 Å². The van der Waals surface area contributed by atoms with Crippen molar-refractivity contribution in [1.82, 2.24) is 0 Å². The van der Waals surface area contributed by atoms with Gasteiger partial charge in [-0.3, -0.25) is 9.59 Å². The van der Waals surface area contributed by atoms with Gasteiger partial charge in [-0.25, -0.2) is 4.39 Å². The van der Waals surface area contributed by atoms with Gasteiger partial charge in [0.1, 0.15) is 5.82 Å². The molecule has 21 heavy (non-hydrogen) atoms. The molecule has 0 N–H and O–H groups in total. The maximum atomic E-state index is 13.1. The van der Waals surface area contributed by atoms with Gasteiger partial charge in [-0.2, -0.15) is 0 Å². The van der Waals surface area contributed by atoms with E-state index < -0.39 is 23.2 Å². The Labute approximate surface area is 123 Å². The Bertz CT molecular complexity index is 465. The van der Waals surface area contributed by atoms with E-state index >= 15 is 0 Å². The smallest absolute Gasteiger partial charge is 0.330 e. The molecule has 0 unspecified atom stereocenters. The van der Waals surface area contributed by atoms with Gasteiger partial charge in [0.25, 0.3) is 0 Å². The SMILES string of the molecule is CCOC(=O)C(COC)(C(=O)OCC)c1ccc(F)cc1. The third-order valence-electron chi connectivity index (χ3n) is 2.95. The van der Waals surface area contributed by atoms with Gasteiger partial charge in [0.05, 0.1) is 19.8 Å². The Morgan fingerprint density at radius 1 is 1.05 bits per heavy atom. The Morgan fingerprint density at radius 2 is 1.52 bits per heavy atom. The first kappa shape index (κ1) is 17.1. The number of ether oxygens (including phenoxy) is 3. The molecule has 0 saturated carbocycles. The molecule has 0 aliphatic rings. The Kier molecular flexibility index (Phi) is 6.30. The van der Waals surface area contributed by atoms with E-state index in [0.29, 0.717) is 0 Å². The molecule has 0 aliphatic heterocycles. The minimum atomic E-state index is -1.76. The summed E-state index contributed by atoms with van der Waals surface area (Å²) in [4.78, 5) is 24.7. The molecule has 0 saturated heterocycles. The summed E-state index contributed by atoms with van der Waals surface area (Å²) < 4.78 is 28.1. The molecule has 116 valence electrons. The van der Waals surface area contributed by atoms with E-state index in [9.17, 15) is 14.0 Å². The normalized spacial score (nSPS) is 11.0. The fourth-order valence-electron chi connectivity index (χ4n) is 1.98. The summed E-state index contributed by atoms with van der Waals surface area (Å²) in [6.07, 6.45) is 0. The van der Waals surface area contributed by atoms with Crippen molar-refractivity contribution >= 4 is 11.9 Å². The van der Waals surface area contributed by atoms with Crippen LogP contribution in [-0.4, -0.2) is 38.9 Å². The molecule has 6 heteroatoms. The molecule has 5 nitrogen and oxygen atoms in total. The van der Waals surface area contributed by atoms with Crippen LogP contribution in [0.25, 0.3) is 0 Å². The fourth-order valence-corrected chi connectivity index (χ4v) is 1.98. The van der Waals surface area contributed by atoms with Crippen LogP contribution >= 0.6 is 0 Å². The number of carbonyl (C=O) groups is 2. The maximum absolute atomic E-state index is 13.1. The summed E-state index contributed by atoms with van der Waals surface area (Å²) in [5.74, 6) is -2.04. The zero-order valence-corrected chi connectivity index (χ0v) is 12.3. The van der Waals surface area contributed by atoms with Gasteiger partial charge < -0.3 is 14.2 Å². The lowest BCUT2D eigenvalue weighted by Gasteiger charge is -2.28. The van der Waals surface area contributed by atoms with Crippen molar-refractivity contribution in [2.45, 2.75) is 19.3 Å². The summed E-state index contributed by atoms with van der Waals surface area (Å²) >= 11 is 0. The highest BCUT2D eigenvalue weighted by Crippen LogP contribution is 2.29. The highest BCUT2D eigenvalue weighted by atomic mass is 19.1. The summed E-state index contributed by atoms with van der Waals surface area (Å²) in [6.45, 7) is 3.21. The predicted molar refractivity (Wildman–Crippen MR) is 73.2 cm³/mol. The molecular formula is C15H19FO5. The summed E-state index contributed by atoms with van der Waals surface area (Å²) in [6, 6.07) is 5.03. The van der Waals surface area contributed by atoms with Crippen molar-refractivity contribution in [3.8, 4) is 0 Å². The lowest BCUT2D eigenvalue weighted by Crippen LogP contribution is -2.49. The lowest BCUT2D eigenvalue weighted by atomic mass is 9.81. The topological polar surface area (TPSA) is 61.8 Å². The minimum absolute atomic E-state index is 0.102. The molecule has 0 heterocycles. The Morgan fingerprint density at radius 3 is 1.90 bits per heavy atom. The lowest BCUT2D eigenvalue weighted by molar-refractivity contribution is -0.167. The largest absolute Gasteiger partial charge is 0.465 e. The third kappa shape index (κ3) is 3.58. The second-order valence-electron chi connectivity index (χ2n) is 4.29. The molecule has 1 aromatic rings. The van der Waals surface area contributed by atoms with E-state index in [-0.39, 0.29) is 25.4 Å². The second kappa shape index (κ2) is 7.73. The molecule has 0 radical (unpaired) electrons. The van der Waals surface area contributed by atoms with Gasteiger partial charge in [-0.1, -0.05) is 12.1 Å². The highest BCUT2D eigenvalue weighted by molar-refractivity contribution is 6.06. The van der Waals surface area contributed by atoms with E-state index in [4.69, 9.17) is 14.2 Å². The molecule has 1 rings (SSSR count). The number of rotatable bonds is 7. The maximum Gasteiger partial charge on any atom is 0.330 e. The van der Waals surface area contributed by atoms with Crippen molar-refractivity contribution in [2.24, 2.45) is 0 Å². The van der Waals surface area contributed by atoms with Crippen LogP contribution in [0.15, 0.2) is 24.3 Å². The Balaban J connectivity index is 3.38. The van der Waals surface area contributed by atoms with Crippen LogP contribution in [0.1, 0.15) is 19.4 Å². The van der Waals surface area contributed by atoms with Gasteiger partial charge in [0.15, 0.2) is 0 Å². The van der Waals surface area contributed by atoms with Crippen molar-refractivity contribution in [1.29, 1.82) is 0 Å². The number of hydrogen-bond donors (Lipinski definition) is 0. The van der Waals surface area contributed by atoms with Crippen LogP contribution < -0.4 is 0 Å². The van der Waals surface area contributed by atoms with Crippen molar-refractivity contribution < 1.29 is 28.2 Å². The van der Waals surface area contributed by atoms with Crippen LogP contribution in [0.4, 0.5) is 4.39 Å². The highest BCUT2D eigenvalue weighted by Gasteiger charge is 2.51. The molecule has 0 fully saturated rings. The molecule has 0 bridgehead atoms. The van der Waals surface area contributed by atoms with Crippen molar-refractivity contribution in [3.63, 3.8) is 0 Å². The number of carbonyl (C=O) groups excluding carboxylic acids is 2. The zero-order valence-electron chi connectivity index (χ0n) is 12.3. The number of benzene rings is 1. The number of methoxy groups -OCH3 is 1. The average molecular weight is 298 g/mol. The predicted octanol–water partition coefficient (Wildman–Crippen LogP) is 1.84. The molecule has 0 atom stereocenters. The van der Waals surface area contributed by atoms with Crippen LogP contribution in [-0.2, 0) is 29.2 Å². The first-order chi connectivity index (χ1) is 10.0.